The number of rotatable bonds is 7. The normalized spacial score (nSPS) is 9.70. The van der Waals surface area contributed by atoms with Gasteiger partial charge in [-0.3, -0.25) is 14.9 Å². The van der Waals surface area contributed by atoms with Crippen molar-refractivity contribution in [3.8, 4) is 11.5 Å². The predicted molar refractivity (Wildman–Crippen MR) is 81.4 cm³/mol. The molecular formula is C15H20N2O6. The number of imide groups is 1. The zero-order valence-electron chi connectivity index (χ0n) is 13.3. The Hall–Kier alpha value is -2.77. The third-order valence-corrected chi connectivity index (χ3v) is 2.91. The highest BCUT2D eigenvalue weighted by atomic mass is 16.5. The van der Waals surface area contributed by atoms with Crippen LogP contribution in [0.3, 0.4) is 0 Å². The molecule has 23 heavy (non-hydrogen) atoms. The van der Waals surface area contributed by atoms with Gasteiger partial charge in [-0.15, -0.1) is 0 Å². The molecule has 0 aliphatic heterocycles. The molecule has 0 radical (unpaired) electrons. The standard InChI is InChI=1S/C15H20N2O6/c1-16-15(20)17-13(18)9-23-14(19)7-5-10-4-6-11(21-2)12(8-10)22-3/h4,6,8H,5,7,9H2,1-3H3,(H2,16,17,18,20). The number of nitrogens with one attached hydrogen (secondary N) is 2. The van der Waals surface area contributed by atoms with Crippen LogP contribution >= 0.6 is 0 Å². The number of aryl methyl sites for hydroxylation is 1. The van der Waals surface area contributed by atoms with Crippen LogP contribution in [-0.2, 0) is 20.7 Å². The average Bonchev–Trinajstić information content (AvgIpc) is 2.57. The predicted octanol–water partition coefficient (Wildman–Crippen LogP) is 0.635. The molecule has 0 heterocycles. The Labute approximate surface area is 134 Å². The van der Waals surface area contributed by atoms with Gasteiger partial charge in [-0.05, 0) is 24.1 Å². The van der Waals surface area contributed by atoms with Crippen molar-refractivity contribution in [1.29, 1.82) is 0 Å². The smallest absolute Gasteiger partial charge is 0.321 e. The Balaban J connectivity index is 2.41. The van der Waals surface area contributed by atoms with E-state index >= 15 is 0 Å². The first kappa shape index (κ1) is 18.3. The zero-order valence-corrected chi connectivity index (χ0v) is 13.3. The molecular weight excluding hydrogens is 304 g/mol. The number of carbonyl (C=O) groups is 3. The highest BCUT2D eigenvalue weighted by Gasteiger charge is 2.11. The highest BCUT2D eigenvalue weighted by molar-refractivity contribution is 5.95. The molecule has 1 rings (SSSR count). The zero-order chi connectivity index (χ0) is 17.2. The molecule has 0 aliphatic rings. The van der Waals surface area contributed by atoms with Crippen LogP contribution in [0.25, 0.3) is 0 Å². The molecule has 1 aromatic rings. The van der Waals surface area contributed by atoms with E-state index in [0.717, 1.165) is 5.56 Å². The highest BCUT2D eigenvalue weighted by Crippen LogP contribution is 2.27. The van der Waals surface area contributed by atoms with Crippen molar-refractivity contribution in [3.05, 3.63) is 23.8 Å². The van der Waals surface area contributed by atoms with Gasteiger partial charge in [0.15, 0.2) is 18.1 Å². The van der Waals surface area contributed by atoms with Crippen LogP contribution in [-0.4, -0.2) is 45.8 Å². The average molecular weight is 324 g/mol. The van der Waals surface area contributed by atoms with Crippen LogP contribution in [0.5, 0.6) is 11.5 Å². The van der Waals surface area contributed by atoms with E-state index in [1.165, 1.54) is 14.2 Å². The van der Waals surface area contributed by atoms with Gasteiger partial charge in [-0.1, -0.05) is 6.07 Å². The van der Waals surface area contributed by atoms with E-state index in [4.69, 9.17) is 14.2 Å². The number of methoxy groups -OCH3 is 2. The molecule has 0 saturated heterocycles. The van der Waals surface area contributed by atoms with Crippen LogP contribution in [0.4, 0.5) is 4.79 Å². The van der Waals surface area contributed by atoms with Crippen molar-refractivity contribution in [1.82, 2.24) is 10.6 Å². The largest absolute Gasteiger partial charge is 0.493 e. The SMILES string of the molecule is CNC(=O)NC(=O)COC(=O)CCc1ccc(OC)c(OC)c1. The first-order chi connectivity index (χ1) is 11.0. The van der Waals surface area contributed by atoms with E-state index in [1.807, 2.05) is 11.4 Å². The molecule has 0 saturated carbocycles. The molecule has 0 bridgehead atoms. The Morgan fingerprint density at radius 1 is 1.09 bits per heavy atom. The second kappa shape index (κ2) is 9.29. The fourth-order valence-corrected chi connectivity index (χ4v) is 1.73. The summed E-state index contributed by atoms with van der Waals surface area (Å²) in [6.45, 7) is -0.502. The lowest BCUT2D eigenvalue weighted by Crippen LogP contribution is -2.39. The van der Waals surface area contributed by atoms with Crippen LogP contribution in [0, 0.1) is 0 Å². The van der Waals surface area contributed by atoms with Crippen LogP contribution in [0.1, 0.15) is 12.0 Å². The van der Waals surface area contributed by atoms with Gasteiger partial charge in [-0.2, -0.15) is 0 Å². The van der Waals surface area contributed by atoms with E-state index in [2.05, 4.69) is 5.32 Å². The topological polar surface area (TPSA) is 103 Å². The van der Waals surface area contributed by atoms with Gasteiger partial charge in [0, 0.05) is 13.5 Å². The minimum Gasteiger partial charge on any atom is -0.493 e. The van der Waals surface area contributed by atoms with E-state index < -0.39 is 24.5 Å². The molecule has 0 fully saturated rings. The monoisotopic (exact) mass is 324 g/mol. The Morgan fingerprint density at radius 2 is 1.78 bits per heavy atom. The third kappa shape index (κ3) is 6.25. The summed E-state index contributed by atoms with van der Waals surface area (Å²) in [6, 6.07) is 4.67. The summed E-state index contributed by atoms with van der Waals surface area (Å²) >= 11 is 0. The molecule has 8 nitrogen and oxygen atoms in total. The summed E-state index contributed by atoms with van der Waals surface area (Å²) in [5.74, 6) is -0.0521. The van der Waals surface area contributed by atoms with Crippen molar-refractivity contribution < 1.29 is 28.6 Å². The lowest BCUT2D eigenvalue weighted by atomic mass is 10.1. The number of esters is 1. The minimum atomic E-state index is -0.691. The summed E-state index contributed by atoms with van der Waals surface area (Å²) in [4.78, 5) is 33.7. The number of carbonyl (C=O) groups excluding carboxylic acids is 3. The van der Waals surface area contributed by atoms with E-state index in [9.17, 15) is 14.4 Å². The van der Waals surface area contributed by atoms with Gasteiger partial charge in [0.2, 0.25) is 0 Å². The number of ether oxygens (including phenoxy) is 3. The van der Waals surface area contributed by atoms with Gasteiger partial charge in [0.25, 0.3) is 5.91 Å². The maximum Gasteiger partial charge on any atom is 0.321 e. The molecule has 0 aliphatic carbocycles. The summed E-state index contributed by atoms with van der Waals surface area (Å²) in [6.07, 6.45) is 0.527. The summed E-state index contributed by atoms with van der Waals surface area (Å²) < 4.78 is 15.1. The van der Waals surface area contributed by atoms with Gasteiger partial charge in [-0.25, -0.2) is 4.79 Å². The number of benzene rings is 1. The van der Waals surface area contributed by atoms with Gasteiger partial charge < -0.3 is 19.5 Å². The Morgan fingerprint density at radius 3 is 2.39 bits per heavy atom. The van der Waals surface area contributed by atoms with Crippen LogP contribution in [0.2, 0.25) is 0 Å². The summed E-state index contributed by atoms with van der Waals surface area (Å²) in [5, 5.41) is 4.21. The lowest BCUT2D eigenvalue weighted by molar-refractivity contribution is -0.148. The lowest BCUT2D eigenvalue weighted by Gasteiger charge is -2.09. The van der Waals surface area contributed by atoms with Crippen LogP contribution < -0.4 is 20.1 Å². The van der Waals surface area contributed by atoms with Gasteiger partial charge in [0.1, 0.15) is 0 Å². The molecule has 8 heteroatoms. The molecule has 3 amide bonds. The first-order valence-electron chi connectivity index (χ1n) is 6.88. The summed E-state index contributed by atoms with van der Waals surface area (Å²) in [5.41, 5.74) is 0.870. The Bertz CT molecular complexity index is 573. The number of amides is 3. The van der Waals surface area contributed by atoms with Crippen molar-refractivity contribution in [2.45, 2.75) is 12.8 Å². The number of hydrogen-bond acceptors (Lipinski definition) is 6. The molecule has 126 valence electrons. The van der Waals surface area contributed by atoms with Crippen molar-refractivity contribution in [3.63, 3.8) is 0 Å². The molecule has 0 atom stereocenters. The summed E-state index contributed by atoms with van der Waals surface area (Å²) in [7, 11) is 4.44. The maximum atomic E-state index is 11.6. The molecule has 1 aromatic carbocycles. The fraction of sp³-hybridized carbons (Fsp3) is 0.400. The second-order valence-corrected chi connectivity index (χ2v) is 4.48. The number of hydrogen-bond donors (Lipinski definition) is 2. The Kier molecular flexibility index (Phi) is 7.38. The number of urea groups is 1. The van der Waals surface area contributed by atoms with E-state index in [0.29, 0.717) is 17.9 Å². The molecule has 0 aromatic heterocycles. The van der Waals surface area contributed by atoms with Gasteiger partial charge >= 0.3 is 12.0 Å². The molecule has 0 spiro atoms. The van der Waals surface area contributed by atoms with Crippen molar-refractivity contribution in [2.24, 2.45) is 0 Å². The van der Waals surface area contributed by atoms with Crippen molar-refractivity contribution >= 4 is 17.9 Å². The minimum absolute atomic E-state index is 0.0999. The third-order valence-electron chi connectivity index (χ3n) is 2.91. The second-order valence-electron chi connectivity index (χ2n) is 4.48. The molecule has 0 unspecified atom stereocenters. The quantitative estimate of drug-likeness (QED) is 0.713. The fourth-order valence-electron chi connectivity index (χ4n) is 1.73. The van der Waals surface area contributed by atoms with Crippen molar-refractivity contribution in [2.75, 3.05) is 27.9 Å². The first-order valence-corrected chi connectivity index (χ1v) is 6.88. The molecule has 2 N–H and O–H groups in total. The van der Waals surface area contributed by atoms with E-state index in [-0.39, 0.29) is 6.42 Å². The van der Waals surface area contributed by atoms with E-state index in [1.54, 1.807) is 19.2 Å². The van der Waals surface area contributed by atoms with Crippen LogP contribution in [0.15, 0.2) is 18.2 Å². The van der Waals surface area contributed by atoms with Gasteiger partial charge in [0.05, 0.1) is 14.2 Å². The maximum absolute atomic E-state index is 11.6.